The van der Waals surface area contributed by atoms with Crippen LogP contribution in [-0.4, -0.2) is 55.0 Å². The van der Waals surface area contributed by atoms with Gasteiger partial charge in [0.1, 0.15) is 5.82 Å². The zero-order valence-electron chi connectivity index (χ0n) is 20.2. The second-order valence-electron chi connectivity index (χ2n) is 10.9. The first-order valence-electron chi connectivity index (χ1n) is 12.4. The quantitative estimate of drug-likeness (QED) is 0.604. The number of hydrogen-bond acceptors (Lipinski definition) is 4. The fourth-order valence-electron chi connectivity index (χ4n) is 6.54. The lowest BCUT2D eigenvalue weighted by Gasteiger charge is -2.46. The van der Waals surface area contributed by atoms with Gasteiger partial charge in [0.25, 0.3) is 0 Å². The molecule has 1 aliphatic carbocycles. The molecule has 8 nitrogen and oxygen atoms in total. The summed E-state index contributed by atoms with van der Waals surface area (Å²) >= 11 is 0. The molecule has 1 aromatic carbocycles. The van der Waals surface area contributed by atoms with Crippen molar-refractivity contribution in [3.8, 4) is 0 Å². The van der Waals surface area contributed by atoms with Gasteiger partial charge in [-0.25, -0.2) is 9.78 Å². The fraction of sp³-hybridized carbons (Fsp3) is 0.577. The van der Waals surface area contributed by atoms with Gasteiger partial charge < -0.3 is 20.3 Å². The molecule has 2 aromatic rings. The molecule has 8 heteroatoms. The first kappa shape index (κ1) is 22.7. The first-order valence-corrected chi connectivity index (χ1v) is 12.4. The molecule has 34 heavy (non-hydrogen) atoms. The van der Waals surface area contributed by atoms with Gasteiger partial charge in [-0.15, -0.1) is 0 Å². The van der Waals surface area contributed by atoms with Crippen LogP contribution in [0.2, 0.25) is 0 Å². The molecule has 3 aliphatic rings. The van der Waals surface area contributed by atoms with Gasteiger partial charge in [-0.2, -0.15) is 0 Å². The predicted molar refractivity (Wildman–Crippen MR) is 129 cm³/mol. The summed E-state index contributed by atoms with van der Waals surface area (Å²) in [6, 6.07) is 7.88. The van der Waals surface area contributed by atoms with Crippen molar-refractivity contribution in [2.45, 2.75) is 76.5 Å². The molecule has 5 rings (SSSR count). The van der Waals surface area contributed by atoms with E-state index < -0.39 is 11.6 Å². The van der Waals surface area contributed by atoms with E-state index in [1.54, 1.807) is 6.20 Å². The van der Waals surface area contributed by atoms with Crippen LogP contribution < -0.4 is 5.32 Å². The minimum Gasteiger partial charge on any atom is -0.465 e. The number of carboxylic acid groups (broad SMARTS) is 1. The summed E-state index contributed by atoms with van der Waals surface area (Å²) in [4.78, 5) is 37.8. The molecular weight excluding hydrogens is 430 g/mol. The Morgan fingerprint density at radius 3 is 2.62 bits per heavy atom. The highest BCUT2D eigenvalue weighted by Crippen LogP contribution is 2.51. The Morgan fingerprint density at radius 1 is 1.15 bits per heavy atom. The molecular formula is C26H35N5O3. The molecule has 0 radical (unpaired) electrons. The number of nitrogens with one attached hydrogen (secondary N) is 2. The minimum absolute atomic E-state index is 0.0000500. The summed E-state index contributed by atoms with van der Waals surface area (Å²) in [5.74, 6) is 0.874. The number of anilines is 1. The number of aromatic nitrogens is 2. The van der Waals surface area contributed by atoms with Gasteiger partial charge in [-0.3, -0.25) is 9.69 Å². The standard InChI is InChI=1S/C26H35N5O3/c1-26(2,3)31(25(33)34)20-11-7-5-9-17(20)24(32)30-15-12-18-21(23-27-13-14-28-23)29-19-10-6-4-8-16(19)22(18)30/h4,6,8,10,13-14,17-18,20-22,29H,5,7,9,11-12,15H2,1-3H3,(H,27,28)(H,33,34)/t17-,18-,20+,21-,22+/m0/s1. The molecule has 0 bridgehead atoms. The topological polar surface area (TPSA) is 102 Å². The van der Waals surface area contributed by atoms with Crippen LogP contribution in [0.25, 0.3) is 0 Å². The van der Waals surface area contributed by atoms with E-state index in [-0.39, 0.29) is 35.9 Å². The van der Waals surface area contributed by atoms with Crippen molar-refractivity contribution in [1.82, 2.24) is 19.8 Å². The van der Waals surface area contributed by atoms with Crippen LogP contribution in [0.5, 0.6) is 0 Å². The summed E-state index contributed by atoms with van der Waals surface area (Å²) in [7, 11) is 0. The zero-order valence-corrected chi connectivity index (χ0v) is 20.2. The predicted octanol–water partition coefficient (Wildman–Crippen LogP) is 4.80. The summed E-state index contributed by atoms with van der Waals surface area (Å²) in [5.41, 5.74) is 1.61. The van der Waals surface area contributed by atoms with E-state index in [0.29, 0.717) is 6.54 Å². The van der Waals surface area contributed by atoms with E-state index in [9.17, 15) is 14.7 Å². The number of carbonyl (C=O) groups is 2. The molecule has 0 spiro atoms. The molecule has 182 valence electrons. The van der Waals surface area contributed by atoms with Gasteiger partial charge in [0, 0.05) is 42.1 Å². The number of para-hydroxylation sites is 1. The monoisotopic (exact) mass is 465 g/mol. The maximum atomic E-state index is 14.2. The Labute approximate surface area is 200 Å². The number of imidazole rings is 1. The highest BCUT2D eigenvalue weighted by molar-refractivity contribution is 5.82. The van der Waals surface area contributed by atoms with Gasteiger partial charge >= 0.3 is 6.09 Å². The van der Waals surface area contributed by atoms with Crippen LogP contribution >= 0.6 is 0 Å². The Balaban J connectivity index is 1.49. The average molecular weight is 466 g/mol. The van der Waals surface area contributed by atoms with Crippen LogP contribution in [0.15, 0.2) is 36.7 Å². The summed E-state index contributed by atoms with van der Waals surface area (Å²) in [5, 5.41) is 13.7. The minimum atomic E-state index is -0.943. The normalized spacial score (nSPS) is 28.6. The highest BCUT2D eigenvalue weighted by atomic mass is 16.4. The van der Waals surface area contributed by atoms with Crippen molar-refractivity contribution in [2.75, 3.05) is 11.9 Å². The number of H-pyrrole nitrogens is 1. The van der Waals surface area contributed by atoms with Crippen LogP contribution in [0.3, 0.4) is 0 Å². The molecule has 2 fully saturated rings. The van der Waals surface area contributed by atoms with Gasteiger partial charge in [-0.05, 0) is 51.7 Å². The first-order chi connectivity index (χ1) is 16.3. The zero-order chi connectivity index (χ0) is 24.0. The summed E-state index contributed by atoms with van der Waals surface area (Å²) in [6.07, 6.45) is 6.92. The molecule has 5 atom stereocenters. The largest absolute Gasteiger partial charge is 0.465 e. The molecule has 2 amide bonds. The van der Waals surface area contributed by atoms with E-state index in [0.717, 1.165) is 49.2 Å². The number of rotatable bonds is 3. The number of carbonyl (C=O) groups excluding carboxylic acids is 1. The lowest BCUT2D eigenvalue weighted by atomic mass is 9.79. The summed E-state index contributed by atoms with van der Waals surface area (Å²) < 4.78 is 0. The van der Waals surface area contributed by atoms with E-state index in [1.165, 1.54) is 4.90 Å². The van der Waals surface area contributed by atoms with Crippen molar-refractivity contribution < 1.29 is 14.7 Å². The number of aromatic amines is 1. The van der Waals surface area contributed by atoms with E-state index in [1.807, 2.05) is 44.0 Å². The summed E-state index contributed by atoms with van der Waals surface area (Å²) in [6.45, 7) is 6.42. The van der Waals surface area contributed by atoms with Crippen molar-refractivity contribution in [3.05, 3.63) is 48.0 Å². The number of fused-ring (bicyclic) bond motifs is 3. The molecule has 3 heterocycles. The third kappa shape index (κ3) is 3.83. The van der Waals surface area contributed by atoms with E-state index in [4.69, 9.17) is 0 Å². The molecule has 2 aliphatic heterocycles. The average Bonchev–Trinajstić information content (AvgIpc) is 3.48. The number of likely N-dealkylation sites (tertiary alicyclic amines) is 1. The van der Waals surface area contributed by atoms with Crippen molar-refractivity contribution in [2.24, 2.45) is 11.8 Å². The number of benzene rings is 1. The van der Waals surface area contributed by atoms with Crippen molar-refractivity contribution in [1.29, 1.82) is 0 Å². The molecule has 0 unspecified atom stereocenters. The van der Waals surface area contributed by atoms with Crippen molar-refractivity contribution >= 4 is 17.7 Å². The molecule has 1 saturated carbocycles. The number of nitrogens with zero attached hydrogens (tertiary/aromatic N) is 3. The van der Waals surface area contributed by atoms with Gasteiger partial charge in [0.05, 0.1) is 18.0 Å². The lowest BCUT2D eigenvalue weighted by molar-refractivity contribution is -0.141. The van der Waals surface area contributed by atoms with E-state index >= 15 is 0 Å². The maximum Gasteiger partial charge on any atom is 0.408 e. The smallest absolute Gasteiger partial charge is 0.408 e. The highest BCUT2D eigenvalue weighted by Gasteiger charge is 2.50. The van der Waals surface area contributed by atoms with Crippen LogP contribution in [0.1, 0.15) is 76.3 Å². The number of amides is 2. The third-order valence-electron chi connectivity index (χ3n) is 7.87. The Morgan fingerprint density at radius 2 is 1.91 bits per heavy atom. The SMILES string of the molecule is CC(C)(C)N(C(=O)O)[C@@H]1CCCC[C@@H]1C(=O)N1CC[C@H]2[C@@H](c3ncc[nH]3)Nc3ccccc3[C@H]21. The molecule has 1 saturated heterocycles. The number of hydrogen-bond donors (Lipinski definition) is 3. The van der Waals surface area contributed by atoms with E-state index in [2.05, 4.69) is 27.4 Å². The Hall–Kier alpha value is -3.03. The van der Waals surface area contributed by atoms with Gasteiger partial charge in [0.15, 0.2) is 0 Å². The molecule has 3 N–H and O–H groups in total. The second-order valence-corrected chi connectivity index (χ2v) is 10.9. The molecule has 1 aromatic heterocycles. The van der Waals surface area contributed by atoms with Crippen molar-refractivity contribution in [3.63, 3.8) is 0 Å². The third-order valence-corrected chi connectivity index (χ3v) is 7.87. The fourth-order valence-corrected chi connectivity index (χ4v) is 6.54. The van der Waals surface area contributed by atoms with Crippen LogP contribution in [0.4, 0.5) is 10.5 Å². The van der Waals surface area contributed by atoms with Gasteiger partial charge in [0.2, 0.25) is 5.91 Å². The van der Waals surface area contributed by atoms with Crippen LogP contribution in [0, 0.1) is 11.8 Å². The lowest BCUT2D eigenvalue weighted by Crippen LogP contribution is -2.57. The Kier molecular flexibility index (Phi) is 5.78. The Bertz CT molecular complexity index is 1050. The van der Waals surface area contributed by atoms with Gasteiger partial charge in [-0.1, -0.05) is 31.0 Å². The maximum absolute atomic E-state index is 14.2. The van der Waals surface area contributed by atoms with Crippen LogP contribution in [-0.2, 0) is 4.79 Å². The second kappa shape index (κ2) is 8.64.